The number of benzene rings is 2. The van der Waals surface area contributed by atoms with Gasteiger partial charge in [0.25, 0.3) is 5.56 Å². The number of amides is 1. The third-order valence-corrected chi connectivity index (χ3v) is 6.41. The molecule has 4 rings (SSSR count). The Balaban J connectivity index is 1.68. The van der Waals surface area contributed by atoms with Crippen LogP contribution in [0.1, 0.15) is 43.9 Å². The molecule has 0 radical (unpaired) electrons. The Morgan fingerprint density at radius 1 is 1.03 bits per heavy atom. The number of aryl methyl sites for hydroxylation is 1. The van der Waals surface area contributed by atoms with E-state index in [4.69, 9.17) is 0 Å². The quantitative estimate of drug-likeness (QED) is 0.437. The number of carbonyl (C=O) groups is 1. The summed E-state index contributed by atoms with van der Waals surface area (Å²) in [4.78, 5) is 31.3. The lowest BCUT2D eigenvalue weighted by molar-refractivity contribution is -0.118. The molecule has 1 amide bonds. The predicted octanol–water partition coefficient (Wildman–Crippen LogP) is 5.76. The van der Waals surface area contributed by atoms with Crippen molar-refractivity contribution in [1.82, 2.24) is 9.55 Å². The Labute approximate surface area is 185 Å². The SMILES string of the molecule is Cc1ccc(NC(=O)C(C)n2cnc3scc(-c4ccc(C(C)C)cc4)c3c2=O)cc1. The maximum Gasteiger partial charge on any atom is 0.263 e. The highest BCUT2D eigenvalue weighted by atomic mass is 32.1. The number of fused-ring (bicyclic) bond motifs is 1. The third-order valence-electron chi connectivity index (χ3n) is 5.52. The average molecular weight is 432 g/mol. The molecule has 0 fully saturated rings. The van der Waals surface area contributed by atoms with Crippen molar-refractivity contribution >= 4 is 33.1 Å². The maximum atomic E-state index is 13.4. The number of rotatable bonds is 5. The number of hydrogen-bond acceptors (Lipinski definition) is 4. The molecule has 0 aliphatic heterocycles. The molecule has 1 atom stereocenters. The van der Waals surface area contributed by atoms with Gasteiger partial charge in [0, 0.05) is 16.6 Å². The van der Waals surface area contributed by atoms with Crippen molar-refractivity contribution in [2.45, 2.75) is 39.7 Å². The molecule has 5 nitrogen and oxygen atoms in total. The maximum absolute atomic E-state index is 13.4. The Morgan fingerprint density at radius 3 is 2.35 bits per heavy atom. The predicted molar refractivity (Wildman–Crippen MR) is 128 cm³/mol. The smallest absolute Gasteiger partial charge is 0.263 e. The van der Waals surface area contributed by atoms with E-state index in [9.17, 15) is 9.59 Å². The fraction of sp³-hybridized carbons (Fsp3) is 0.240. The lowest BCUT2D eigenvalue weighted by Crippen LogP contribution is -2.31. The Bertz CT molecular complexity index is 1290. The van der Waals surface area contributed by atoms with Gasteiger partial charge in [0.2, 0.25) is 5.91 Å². The van der Waals surface area contributed by atoms with Gasteiger partial charge in [-0.25, -0.2) is 4.98 Å². The minimum Gasteiger partial charge on any atom is -0.324 e. The summed E-state index contributed by atoms with van der Waals surface area (Å²) in [5, 5.41) is 5.39. The van der Waals surface area contributed by atoms with E-state index in [0.717, 1.165) is 16.7 Å². The van der Waals surface area contributed by atoms with Crippen LogP contribution < -0.4 is 10.9 Å². The highest BCUT2D eigenvalue weighted by molar-refractivity contribution is 7.17. The second-order valence-electron chi connectivity index (χ2n) is 8.09. The Kier molecular flexibility index (Phi) is 5.74. The van der Waals surface area contributed by atoms with Crippen molar-refractivity contribution in [2.24, 2.45) is 0 Å². The molecular weight excluding hydrogens is 406 g/mol. The van der Waals surface area contributed by atoms with Crippen molar-refractivity contribution in [2.75, 3.05) is 5.32 Å². The van der Waals surface area contributed by atoms with Gasteiger partial charge in [0.15, 0.2) is 0 Å². The number of nitrogens with one attached hydrogen (secondary N) is 1. The van der Waals surface area contributed by atoms with E-state index in [1.54, 1.807) is 6.92 Å². The van der Waals surface area contributed by atoms with Gasteiger partial charge < -0.3 is 5.32 Å². The lowest BCUT2D eigenvalue weighted by Gasteiger charge is -2.15. The van der Waals surface area contributed by atoms with Gasteiger partial charge in [-0.3, -0.25) is 14.2 Å². The molecule has 0 bridgehead atoms. The number of aromatic nitrogens is 2. The number of carbonyl (C=O) groups excluding carboxylic acids is 1. The second-order valence-corrected chi connectivity index (χ2v) is 8.95. The van der Waals surface area contributed by atoms with Crippen LogP contribution in [0.4, 0.5) is 5.69 Å². The molecule has 158 valence electrons. The van der Waals surface area contributed by atoms with Crippen molar-refractivity contribution in [3.05, 3.63) is 81.7 Å². The monoisotopic (exact) mass is 431 g/mol. The first-order valence-corrected chi connectivity index (χ1v) is 11.2. The summed E-state index contributed by atoms with van der Waals surface area (Å²) in [6, 6.07) is 15.1. The van der Waals surface area contributed by atoms with E-state index >= 15 is 0 Å². The van der Waals surface area contributed by atoms with Crippen LogP contribution in [0.5, 0.6) is 0 Å². The van der Waals surface area contributed by atoms with Crippen LogP contribution >= 0.6 is 11.3 Å². The molecule has 2 aromatic carbocycles. The summed E-state index contributed by atoms with van der Waals surface area (Å²) < 4.78 is 1.41. The van der Waals surface area contributed by atoms with Gasteiger partial charge in [-0.15, -0.1) is 11.3 Å². The van der Waals surface area contributed by atoms with E-state index in [0.29, 0.717) is 21.8 Å². The standard InChI is InChI=1S/C25H25N3O2S/c1-15(2)18-7-9-19(10-8-18)21-13-31-24-22(21)25(30)28(14-26-24)17(4)23(29)27-20-11-5-16(3)6-12-20/h5-15,17H,1-4H3,(H,27,29). The normalized spacial score (nSPS) is 12.3. The highest BCUT2D eigenvalue weighted by Crippen LogP contribution is 2.31. The average Bonchev–Trinajstić information content (AvgIpc) is 3.20. The van der Waals surface area contributed by atoms with Gasteiger partial charge in [-0.05, 0) is 43.0 Å². The van der Waals surface area contributed by atoms with E-state index in [1.165, 1.54) is 27.8 Å². The zero-order valence-corrected chi connectivity index (χ0v) is 18.9. The molecule has 2 heterocycles. The van der Waals surface area contributed by atoms with Crippen molar-refractivity contribution in [3.63, 3.8) is 0 Å². The van der Waals surface area contributed by atoms with Crippen LogP contribution in [0.2, 0.25) is 0 Å². The summed E-state index contributed by atoms with van der Waals surface area (Å²) in [5.41, 5.74) is 4.69. The summed E-state index contributed by atoms with van der Waals surface area (Å²) >= 11 is 1.44. The molecule has 31 heavy (non-hydrogen) atoms. The minimum absolute atomic E-state index is 0.208. The molecule has 2 aromatic heterocycles. The first-order chi connectivity index (χ1) is 14.8. The van der Waals surface area contributed by atoms with Crippen molar-refractivity contribution < 1.29 is 4.79 Å². The number of anilines is 1. The molecule has 4 aromatic rings. The summed E-state index contributed by atoms with van der Waals surface area (Å²) in [5.74, 6) is 0.185. The largest absolute Gasteiger partial charge is 0.324 e. The molecule has 0 saturated carbocycles. The van der Waals surface area contributed by atoms with Gasteiger partial charge in [-0.2, -0.15) is 0 Å². The van der Waals surface area contributed by atoms with Crippen molar-refractivity contribution in [1.29, 1.82) is 0 Å². The highest BCUT2D eigenvalue weighted by Gasteiger charge is 2.20. The van der Waals surface area contributed by atoms with Crippen LogP contribution in [-0.4, -0.2) is 15.5 Å². The number of hydrogen-bond donors (Lipinski definition) is 1. The number of thiophene rings is 1. The van der Waals surface area contributed by atoms with E-state index in [1.807, 2.05) is 48.7 Å². The fourth-order valence-electron chi connectivity index (χ4n) is 3.49. The van der Waals surface area contributed by atoms with Crippen LogP contribution in [-0.2, 0) is 4.79 Å². The molecular formula is C25H25N3O2S. The topological polar surface area (TPSA) is 64.0 Å². The minimum atomic E-state index is -0.693. The molecule has 0 aliphatic rings. The van der Waals surface area contributed by atoms with Gasteiger partial charge in [-0.1, -0.05) is 55.8 Å². The van der Waals surface area contributed by atoms with E-state index in [2.05, 4.69) is 36.3 Å². The fourth-order valence-corrected chi connectivity index (χ4v) is 4.40. The summed E-state index contributed by atoms with van der Waals surface area (Å²) in [6.45, 7) is 8.01. The summed E-state index contributed by atoms with van der Waals surface area (Å²) in [6.07, 6.45) is 1.46. The molecule has 0 saturated heterocycles. The van der Waals surface area contributed by atoms with Crippen molar-refractivity contribution in [3.8, 4) is 11.1 Å². The third kappa shape index (κ3) is 4.16. The van der Waals surface area contributed by atoms with Gasteiger partial charge in [0.1, 0.15) is 10.9 Å². The van der Waals surface area contributed by atoms with E-state index < -0.39 is 6.04 Å². The first-order valence-electron chi connectivity index (χ1n) is 10.3. The van der Waals surface area contributed by atoms with Gasteiger partial charge in [0.05, 0.1) is 11.7 Å². The number of nitrogens with zero attached hydrogens (tertiary/aromatic N) is 2. The second kappa shape index (κ2) is 8.47. The van der Waals surface area contributed by atoms with E-state index in [-0.39, 0.29) is 11.5 Å². The molecule has 1 N–H and O–H groups in total. The first kappa shape index (κ1) is 21.0. The molecule has 0 aliphatic carbocycles. The summed E-state index contributed by atoms with van der Waals surface area (Å²) in [7, 11) is 0. The van der Waals surface area contributed by atoms with Gasteiger partial charge >= 0.3 is 0 Å². The zero-order chi connectivity index (χ0) is 22.1. The lowest BCUT2D eigenvalue weighted by atomic mass is 9.99. The van der Waals surface area contributed by atoms with Crippen LogP contribution in [0.15, 0.2) is 65.0 Å². The zero-order valence-electron chi connectivity index (χ0n) is 18.0. The molecule has 6 heteroatoms. The molecule has 1 unspecified atom stereocenters. The molecule has 0 spiro atoms. The Morgan fingerprint density at radius 2 is 1.71 bits per heavy atom. The van der Waals surface area contributed by atoms with Crippen LogP contribution in [0.25, 0.3) is 21.3 Å². The van der Waals surface area contributed by atoms with Crippen LogP contribution in [0.3, 0.4) is 0 Å². The van der Waals surface area contributed by atoms with Crippen LogP contribution in [0, 0.1) is 6.92 Å². The Hall–Kier alpha value is -3.25.